The molecule has 5 nitrogen and oxygen atoms in total. The van der Waals surface area contributed by atoms with Gasteiger partial charge in [0.1, 0.15) is 0 Å². The summed E-state index contributed by atoms with van der Waals surface area (Å²) < 4.78 is 0. The third-order valence-corrected chi connectivity index (χ3v) is 5.79. The van der Waals surface area contributed by atoms with Gasteiger partial charge in [0.05, 0.1) is 12.5 Å². The van der Waals surface area contributed by atoms with Crippen LogP contribution in [0.1, 0.15) is 29.9 Å². The van der Waals surface area contributed by atoms with Crippen LogP contribution < -0.4 is 5.32 Å². The summed E-state index contributed by atoms with van der Waals surface area (Å²) in [6.07, 6.45) is 1.90. The Bertz CT molecular complexity index is 776. The highest BCUT2D eigenvalue weighted by molar-refractivity contribution is 5.87. The van der Waals surface area contributed by atoms with Crippen LogP contribution in [-0.2, 0) is 9.59 Å². The molecule has 2 aliphatic heterocycles. The quantitative estimate of drug-likeness (QED) is 0.838. The summed E-state index contributed by atoms with van der Waals surface area (Å²) in [7, 11) is 0. The molecule has 1 N–H and O–H groups in total. The van der Waals surface area contributed by atoms with Gasteiger partial charge in [-0.15, -0.1) is 12.4 Å². The standard InChI is InChI=1S/C23H27N3O2.ClH/c27-21-16-24-13-15-26(21)20-12-7-14-25(17-20)23(28)22(18-8-3-1-4-9-18)19-10-5-2-6-11-19;/h1-6,8-11,20,22,24H,7,12-17H2;1H. The summed E-state index contributed by atoms with van der Waals surface area (Å²) in [6.45, 7) is 3.34. The third-order valence-electron chi connectivity index (χ3n) is 5.79. The van der Waals surface area contributed by atoms with Crippen LogP contribution in [0.15, 0.2) is 60.7 Å². The van der Waals surface area contributed by atoms with Crippen molar-refractivity contribution in [2.45, 2.75) is 24.8 Å². The van der Waals surface area contributed by atoms with Crippen molar-refractivity contribution in [1.82, 2.24) is 15.1 Å². The van der Waals surface area contributed by atoms with Crippen LogP contribution in [-0.4, -0.2) is 60.4 Å². The third kappa shape index (κ3) is 4.80. The van der Waals surface area contributed by atoms with Gasteiger partial charge in [-0.25, -0.2) is 0 Å². The summed E-state index contributed by atoms with van der Waals surface area (Å²) >= 11 is 0. The van der Waals surface area contributed by atoms with E-state index in [1.54, 1.807) is 0 Å². The van der Waals surface area contributed by atoms with Crippen molar-refractivity contribution in [2.24, 2.45) is 0 Å². The van der Waals surface area contributed by atoms with E-state index >= 15 is 0 Å². The van der Waals surface area contributed by atoms with Crippen LogP contribution in [0.2, 0.25) is 0 Å². The summed E-state index contributed by atoms with van der Waals surface area (Å²) in [5, 5.41) is 3.13. The number of nitrogens with zero attached hydrogens (tertiary/aromatic N) is 2. The minimum absolute atomic E-state index is 0. The van der Waals surface area contributed by atoms with Crippen LogP contribution >= 0.6 is 12.4 Å². The number of piperidine rings is 1. The van der Waals surface area contributed by atoms with E-state index in [1.807, 2.05) is 70.5 Å². The highest BCUT2D eigenvalue weighted by Crippen LogP contribution is 2.29. The predicted octanol–water partition coefficient (Wildman–Crippen LogP) is 2.66. The Morgan fingerprint density at radius 1 is 0.966 bits per heavy atom. The van der Waals surface area contributed by atoms with E-state index in [4.69, 9.17) is 0 Å². The maximum Gasteiger partial charge on any atom is 0.236 e. The van der Waals surface area contributed by atoms with E-state index in [1.165, 1.54) is 0 Å². The molecule has 2 fully saturated rings. The average Bonchev–Trinajstić information content (AvgIpc) is 2.76. The molecule has 2 aliphatic rings. The van der Waals surface area contributed by atoms with Crippen LogP contribution in [0.4, 0.5) is 0 Å². The lowest BCUT2D eigenvalue weighted by molar-refractivity contribution is -0.140. The molecule has 2 heterocycles. The first-order valence-corrected chi connectivity index (χ1v) is 10.1. The van der Waals surface area contributed by atoms with Gasteiger partial charge in [0.25, 0.3) is 0 Å². The lowest BCUT2D eigenvalue weighted by atomic mass is 9.89. The number of piperazine rings is 1. The Morgan fingerprint density at radius 3 is 2.17 bits per heavy atom. The number of rotatable bonds is 4. The number of carbonyl (C=O) groups is 2. The molecule has 0 aromatic heterocycles. The fourth-order valence-corrected chi connectivity index (χ4v) is 4.37. The van der Waals surface area contributed by atoms with Crippen molar-refractivity contribution < 1.29 is 9.59 Å². The first-order chi connectivity index (χ1) is 13.7. The minimum Gasteiger partial charge on any atom is -0.340 e. The average molecular weight is 414 g/mol. The maximum atomic E-state index is 13.6. The minimum atomic E-state index is -0.306. The lowest BCUT2D eigenvalue weighted by Gasteiger charge is -2.42. The Kier molecular flexibility index (Phi) is 7.29. The van der Waals surface area contributed by atoms with Crippen molar-refractivity contribution in [3.63, 3.8) is 0 Å². The molecule has 0 spiro atoms. The molecule has 29 heavy (non-hydrogen) atoms. The summed E-state index contributed by atoms with van der Waals surface area (Å²) in [5.41, 5.74) is 2.03. The summed E-state index contributed by atoms with van der Waals surface area (Å²) in [6, 6.07) is 20.1. The van der Waals surface area contributed by atoms with Crippen LogP contribution in [0, 0.1) is 0 Å². The van der Waals surface area contributed by atoms with Crippen molar-refractivity contribution in [1.29, 1.82) is 0 Å². The van der Waals surface area contributed by atoms with Crippen molar-refractivity contribution in [3.05, 3.63) is 71.8 Å². The van der Waals surface area contributed by atoms with E-state index in [-0.39, 0.29) is 36.2 Å². The predicted molar refractivity (Wildman–Crippen MR) is 116 cm³/mol. The maximum absolute atomic E-state index is 13.6. The van der Waals surface area contributed by atoms with Gasteiger partial charge in [-0.2, -0.15) is 0 Å². The molecule has 0 aliphatic carbocycles. The largest absolute Gasteiger partial charge is 0.340 e. The van der Waals surface area contributed by atoms with Crippen LogP contribution in [0.25, 0.3) is 0 Å². The second-order valence-corrected chi connectivity index (χ2v) is 7.60. The zero-order valence-electron chi connectivity index (χ0n) is 16.5. The van der Waals surface area contributed by atoms with E-state index in [0.717, 1.165) is 43.6 Å². The first-order valence-electron chi connectivity index (χ1n) is 10.1. The Hall–Kier alpha value is -2.37. The first kappa shape index (κ1) is 21.3. The normalized spacial score (nSPS) is 19.8. The highest BCUT2D eigenvalue weighted by atomic mass is 35.5. The number of hydrogen-bond acceptors (Lipinski definition) is 3. The number of nitrogens with one attached hydrogen (secondary N) is 1. The van der Waals surface area contributed by atoms with Gasteiger partial charge >= 0.3 is 0 Å². The molecule has 1 atom stereocenters. The monoisotopic (exact) mass is 413 g/mol. The molecular formula is C23H28ClN3O2. The zero-order chi connectivity index (χ0) is 19.3. The molecule has 2 amide bonds. The zero-order valence-corrected chi connectivity index (χ0v) is 17.3. The highest BCUT2D eigenvalue weighted by Gasteiger charge is 2.34. The molecule has 6 heteroatoms. The molecule has 4 rings (SSSR count). The molecule has 1 unspecified atom stereocenters. The molecule has 0 saturated carbocycles. The topological polar surface area (TPSA) is 52.7 Å². The van der Waals surface area contributed by atoms with Gasteiger partial charge in [-0.3, -0.25) is 9.59 Å². The number of amides is 2. The van der Waals surface area contributed by atoms with Gasteiger partial charge in [0.2, 0.25) is 11.8 Å². The molecule has 2 saturated heterocycles. The molecule has 154 valence electrons. The molecule has 0 bridgehead atoms. The summed E-state index contributed by atoms with van der Waals surface area (Å²) in [5.74, 6) is -0.0298. The fraction of sp³-hybridized carbons (Fsp3) is 0.391. The number of halogens is 1. The fourth-order valence-electron chi connectivity index (χ4n) is 4.37. The van der Waals surface area contributed by atoms with Gasteiger partial charge in [-0.05, 0) is 24.0 Å². The van der Waals surface area contributed by atoms with Gasteiger partial charge in [0, 0.05) is 32.2 Å². The second-order valence-electron chi connectivity index (χ2n) is 7.60. The van der Waals surface area contributed by atoms with E-state index in [9.17, 15) is 9.59 Å². The van der Waals surface area contributed by atoms with Gasteiger partial charge in [-0.1, -0.05) is 60.7 Å². The van der Waals surface area contributed by atoms with Crippen LogP contribution in [0.5, 0.6) is 0 Å². The van der Waals surface area contributed by atoms with Crippen molar-refractivity contribution >= 4 is 24.2 Å². The smallest absolute Gasteiger partial charge is 0.236 e. The molecule has 2 aromatic carbocycles. The molecular weight excluding hydrogens is 386 g/mol. The number of benzene rings is 2. The number of likely N-dealkylation sites (tertiary alicyclic amines) is 1. The Balaban J connectivity index is 0.00000240. The SMILES string of the molecule is Cl.O=C(C(c1ccccc1)c1ccccc1)N1CCCC(N2CCNCC2=O)C1. The van der Waals surface area contributed by atoms with Crippen LogP contribution in [0.3, 0.4) is 0 Å². The second kappa shape index (κ2) is 9.90. The van der Waals surface area contributed by atoms with E-state index in [0.29, 0.717) is 13.1 Å². The Labute approximate surface area is 178 Å². The van der Waals surface area contributed by atoms with E-state index in [2.05, 4.69) is 5.32 Å². The molecule has 2 aromatic rings. The van der Waals surface area contributed by atoms with E-state index < -0.39 is 0 Å². The summed E-state index contributed by atoms with van der Waals surface area (Å²) in [4.78, 5) is 29.9. The number of carbonyl (C=O) groups excluding carboxylic acids is 2. The molecule has 0 radical (unpaired) electrons. The lowest BCUT2D eigenvalue weighted by Crippen LogP contribution is -2.57. The number of hydrogen-bond donors (Lipinski definition) is 1. The van der Waals surface area contributed by atoms with Gasteiger partial charge < -0.3 is 15.1 Å². The Morgan fingerprint density at radius 2 is 1.59 bits per heavy atom. The van der Waals surface area contributed by atoms with Gasteiger partial charge in [0.15, 0.2) is 0 Å². The van der Waals surface area contributed by atoms with Crippen molar-refractivity contribution in [2.75, 3.05) is 32.7 Å². The van der Waals surface area contributed by atoms with Crippen molar-refractivity contribution in [3.8, 4) is 0 Å².